The summed E-state index contributed by atoms with van der Waals surface area (Å²) in [4.78, 5) is 24.5. The first-order valence-electron chi connectivity index (χ1n) is 7.31. The summed E-state index contributed by atoms with van der Waals surface area (Å²) in [6.45, 7) is 0.235. The van der Waals surface area contributed by atoms with Crippen LogP contribution in [0.1, 0.15) is 32.1 Å². The number of fused-ring (bicyclic) bond motifs is 2. The average Bonchev–Trinajstić information content (AvgIpc) is 2.46. The van der Waals surface area contributed by atoms with Crippen molar-refractivity contribution in [2.75, 3.05) is 6.61 Å². The van der Waals surface area contributed by atoms with Crippen LogP contribution in [0, 0.1) is 16.7 Å². The average molecular weight is 274 g/mol. The normalized spacial score (nSPS) is 44.5. The number of allylic oxidation sites excluding steroid dienone is 2. The largest absolute Gasteiger partial charge is 0.462 e. The molecular formula is C16H18O4. The lowest BCUT2D eigenvalue weighted by atomic mass is 9.42. The molecule has 0 aromatic carbocycles. The van der Waals surface area contributed by atoms with Gasteiger partial charge in [0.1, 0.15) is 12.4 Å². The van der Waals surface area contributed by atoms with Crippen molar-refractivity contribution in [1.29, 1.82) is 0 Å². The summed E-state index contributed by atoms with van der Waals surface area (Å²) in [5.74, 6) is -0.517. The SMILES string of the molecule is O=C1CC23CCC1C[C@]2(O)C(=O)OCC31C=CCC=C1. The van der Waals surface area contributed by atoms with E-state index >= 15 is 0 Å². The molecule has 1 aliphatic heterocycles. The van der Waals surface area contributed by atoms with Crippen LogP contribution in [0.25, 0.3) is 0 Å². The highest BCUT2D eigenvalue weighted by atomic mass is 16.6. The molecule has 4 heteroatoms. The highest BCUT2D eigenvalue weighted by Crippen LogP contribution is 2.66. The van der Waals surface area contributed by atoms with E-state index in [2.05, 4.69) is 0 Å². The lowest BCUT2D eigenvalue weighted by molar-refractivity contribution is -0.245. The van der Waals surface area contributed by atoms with Crippen LogP contribution in [0.2, 0.25) is 0 Å². The van der Waals surface area contributed by atoms with Crippen LogP contribution in [0.15, 0.2) is 24.3 Å². The minimum atomic E-state index is -1.51. The summed E-state index contributed by atoms with van der Waals surface area (Å²) in [5, 5.41) is 11.1. The summed E-state index contributed by atoms with van der Waals surface area (Å²) in [6, 6.07) is 0. The van der Waals surface area contributed by atoms with Gasteiger partial charge in [-0.3, -0.25) is 4.79 Å². The van der Waals surface area contributed by atoms with Gasteiger partial charge in [-0.05, 0) is 25.7 Å². The number of aliphatic hydroxyl groups is 1. The zero-order chi connectivity index (χ0) is 14.0. The first-order chi connectivity index (χ1) is 9.53. The maximum Gasteiger partial charge on any atom is 0.338 e. The summed E-state index contributed by atoms with van der Waals surface area (Å²) < 4.78 is 5.32. The fraction of sp³-hybridized carbons (Fsp3) is 0.625. The van der Waals surface area contributed by atoms with Crippen LogP contribution in [0.4, 0.5) is 0 Å². The van der Waals surface area contributed by atoms with Crippen LogP contribution in [0.3, 0.4) is 0 Å². The fourth-order valence-electron chi connectivity index (χ4n) is 4.84. The Kier molecular flexibility index (Phi) is 2.23. The highest BCUT2D eigenvalue weighted by Gasteiger charge is 2.73. The smallest absolute Gasteiger partial charge is 0.338 e. The number of carbonyl (C=O) groups excluding carboxylic acids is 2. The summed E-state index contributed by atoms with van der Waals surface area (Å²) in [5.41, 5.74) is -2.74. The van der Waals surface area contributed by atoms with E-state index in [9.17, 15) is 14.7 Å². The van der Waals surface area contributed by atoms with Crippen LogP contribution < -0.4 is 0 Å². The number of hydrogen-bond donors (Lipinski definition) is 1. The van der Waals surface area contributed by atoms with Gasteiger partial charge in [0.05, 0.1) is 0 Å². The van der Waals surface area contributed by atoms with Gasteiger partial charge >= 0.3 is 5.97 Å². The van der Waals surface area contributed by atoms with E-state index < -0.39 is 22.4 Å². The second kappa shape index (κ2) is 3.61. The molecule has 1 saturated heterocycles. The topological polar surface area (TPSA) is 63.6 Å². The number of carbonyl (C=O) groups is 2. The molecule has 4 fully saturated rings. The Morgan fingerprint density at radius 3 is 2.70 bits per heavy atom. The maximum absolute atomic E-state index is 12.3. The molecule has 1 N–H and O–H groups in total. The summed E-state index contributed by atoms with van der Waals surface area (Å²) in [7, 11) is 0. The van der Waals surface area contributed by atoms with Gasteiger partial charge in [-0.15, -0.1) is 0 Å². The van der Waals surface area contributed by atoms with Crippen molar-refractivity contribution in [1.82, 2.24) is 0 Å². The van der Waals surface area contributed by atoms with E-state index in [0.29, 0.717) is 6.42 Å². The zero-order valence-corrected chi connectivity index (χ0v) is 11.3. The lowest BCUT2D eigenvalue weighted by Crippen LogP contribution is -2.72. The monoisotopic (exact) mass is 274 g/mol. The first-order valence-corrected chi connectivity index (χ1v) is 7.31. The van der Waals surface area contributed by atoms with Crippen molar-refractivity contribution in [3.8, 4) is 0 Å². The molecule has 5 rings (SSSR count). The van der Waals surface area contributed by atoms with Gasteiger partial charge in [0.25, 0.3) is 0 Å². The second-order valence-electron chi connectivity index (χ2n) is 6.68. The molecule has 0 aromatic heterocycles. The Hall–Kier alpha value is -1.42. The molecule has 5 aliphatic rings. The minimum Gasteiger partial charge on any atom is -0.462 e. The molecule has 4 nitrogen and oxygen atoms in total. The van der Waals surface area contributed by atoms with E-state index in [1.165, 1.54) is 0 Å². The number of hydrogen-bond acceptors (Lipinski definition) is 4. The molecule has 3 atom stereocenters. The molecule has 2 bridgehead atoms. The molecule has 3 saturated carbocycles. The Balaban J connectivity index is 1.93. The van der Waals surface area contributed by atoms with Crippen LogP contribution in [-0.2, 0) is 14.3 Å². The van der Waals surface area contributed by atoms with Crippen molar-refractivity contribution in [3.05, 3.63) is 24.3 Å². The molecule has 4 aliphatic carbocycles. The number of esters is 1. The molecule has 0 aromatic rings. The van der Waals surface area contributed by atoms with E-state index in [0.717, 1.165) is 12.8 Å². The quantitative estimate of drug-likeness (QED) is 0.537. The van der Waals surface area contributed by atoms with Crippen LogP contribution in [0.5, 0.6) is 0 Å². The highest BCUT2D eigenvalue weighted by molar-refractivity contribution is 5.91. The lowest BCUT2D eigenvalue weighted by Gasteiger charge is -2.64. The number of rotatable bonds is 0. The van der Waals surface area contributed by atoms with Gasteiger partial charge in [0.15, 0.2) is 5.60 Å². The molecule has 0 amide bonds. The maximum atomic E-state index is 12.3. The Morgan fingerprint density at radius 1 is 1.25 bits per heavy atom. The van der Waals surface area contributed by atoms with E-state index in [1.54, 1.807) is 0 Å². The predicted molar refractivity (Wildman–Crippen MR) is 70.6 cm³/mol. The van der Waals surface area contributed by atoms with Crippen LogP contribution >= 0.6 is 0 Å². The molecule has 106 valence electrons. The van der Waals surface area contributed by atoms with Gasteiger partial charge in [-0.2, -0.15) is 0 Å². The second-order valence-corrected chi connectivity index (χ2v) is 6.68. The van der Waals surface area contributed by atoms with E-state index in [-0.39, 0.29) is 31.1 Å². The minimum absolute atomic E-state index is 0.180. The number of ketones is 1. The summed E-state index contributed by atoms with van der Waals surface area (Å²) in [6.07, 6.45) is 11.0. The fourth-order valence-corrected chi connectivity index (χ4v) is 4.84. The number of ether oxygens (including phenoxy) is 1. The summed E-state index contributed by atoms with van der Waals surface area (Å²) >= 11 is 0. The number of cyclic esters (lactones) is 1. The standard InChI is InChI=1S/C16H18O4/c17-12-9-15-7-4-11(12)8-16(15,19)13(18)20-10-14(15)5-2-1-3-6-14/h2-3,5-6,11,19H,1,4,7-10H2/t11?,15?,16-/m0/s1. The molecular weight excluding hydrogens is 256 g/mol. The van der Waals surface area contributed by atoms with Gasteiger partial charge < -0.3 is 9.84 Å². The number of Topliss-reactive ketones (excluding diaryl/α,β-unsaturated/α-hetero) is 1. The van der Waals surface area contributed by atoms with Crippen molar-refractivity contribution >= 4 is 11.8 Å². The third kappa shape index (κ3) is 1.17. The zero-order valence-electron chi connectivity index (χ0n) is 11.3. The van der Waals surface area contributed by atoms with Gasteiger partial charge in [-0.25, -0.2) is 4.79 Å². The van der Waals surface area contributed by atoms with Gasteiger partial charge in [0.2, 0.25) is 0 Å². The van der Waals surface area contributed by atoms with Crippen molar-refractivity contribution in [2.24, 2.45) is 16.7 Å². The van der Waals surface area contributed by atoms with E-state index in [4.69, 9.17) is 4.74 Å². The predicted octanol–water partition coefficient (Wildman–Crippen LogP) is 1.54. The van der Waals surface area contributed by atoms with Crippen molar-refractivity contribution in [2.45, 2.75) is 37.7 Å². The Bertz CT molecular complexity index is 549. The first kappa shape index (κ1) is 12.3. The van der Waals surface area contributed by atoms with Crippen molar-refractivity contribution < 1.29 is 19.4 Å². The Labute approximate surface area is 117 Å². The molecule has 1 heterocycles. The van der Waals surface area contributed by atoms with E-state index in [1.807, 2.05) is 24.3 Å². The molecule has 0 radical (unpaired) electrons. The third-order valence-corrected chi connectivity index (χ3v) is 5.96. The van der Waals surface area contributed by atoms with Crippen LogP contribution in [-0.4, -0.2) is 29.1 Å². The Morgan fingerprint density at radius 2 is 2.00 bits per heavy atom. The molecule has 20 heavy (non-hydrogen) atoms. The molecule has 2 unspecified atom stereocenters. The molecule has 2 spiro atoms. The van der Waals surface area contributed by atoms with Crippen molar-refractivity contribution in [3.63, 3.8) is 0 Å². The third-order valence-electron chi connectivity index (χ3n) is 5.96. The van der Waals surface area contributed by atoms with Gasteiger partial charge in [0, 0.05) is 23.2 Å². The van der Waals surface area contributed by atoms with Gasteiger partial charge in [-0.1, -0.05) is 24.3 Å².